The Bertz CT molecular complexity index is 1230. The van der Waals surface area contributed by atoms with Crippen molar-refractivity contribution in [2.75, 3.05) is 7.11 Å². The van der Waals surface area contributed by atoms with Gasteiger partial charge in [0.15, 0.2) is 17.6 Å². The number of halogens is 1. The van der Waals surface area contributed by atoms with Crippen molar-refractivity contribution in [1.82, 2.24) is 9.66 Å². The number of hydrogen-bond acceptors (Lipinski definition) is 6. The summed E-state index contributed by atoms with van der Waals surface area (Å²) in [5.41, 5.74) is -0.329. The molecule has 1 heterocycles. The van der Waals surface area contributed by atoms with Crippen LogP contribution in [0.15, 0.2) is 55.6 Å². The van der Waals surface area contributed by atoms with Gasteiger partial charge in [-0.3, -0.25) is 4.79 Å². The van der Waals surface area contributed by atoms with Gasteiger partial charge in [-0.05, 0) is 47.1 Å². The number of aromatic amines is 1. The molecule has 0 aliphatic heterocycles. The smallest absolute Gasteiger partial charge is 0.349 e. The molecule has 0 radical (unpaired) electrons. The highest BCUT2D eigenvalue weighted by molar-refractivity contribution is 9.10. The number of rotatable bonds is 6. The first-order valence-corrected chi connectivity index (χ1v) is 9.16. The van der Waals surface area contributed by atoms with E-state index in [2.05, 4.69) is 26.0 Å². The molecule has 150 valence electrons. The highest BCUT2D eigenvalue weighted by Gasteiger charge is 2.17. The molecular weight excluding hydrogens is 446 g/mol. The summed E-state index contributed by atoms with van der Waals surface area (Å²) in [6, 6.07) is 9.68. The number of carbonyl (C=O) groups is 1. The third-order valence-corrected chi connectivity index (χ3v) is 4.72. The molecule has 1 aromatic heterocycles. The average Bonchev–Trinajstić information content (AvgIpc) is 2.69. The number of aliphatic carboxylic acids is 1. The molecule has 1 atom stereocenters. The van der Waals surface area contributed by atoms with Crippen LogP contribution >= 0.6 is 15.9 Å². The first-order valence-electron chi connectivity index (χ1n) is 8.37. The molecule has 2 N–H and O–H groups in total. The van der Waals surface area contributed by atoms with Crippen LogP contribution < -0.4 is 20.7 Å². The Morgan fingerprint density at radius 3 is 2.69 bits per heavy atom. The van der Waals surface area contributed by atoms with Crippen LogP contribution in [0.25, 0.3) is 10.9 Å². The Morgan fingerprint density at radius 2 is 2.00 bits per heavy atom. The number of para-hydroxylation sites is 1. The maximum absolute atomic E-state index is 12.5. The summed E-state index contributed by atoms with van der Waals surface area (Å²) in [5.74, 6) is -0.640. The molecule has 0 fully saturated rings. The summed E-state index contributed by atoms with van der Waals surface area (Å²) in [6.07, 6.45) is 0.229. The van der Waals surface area contributed by atoms with Crippen LogP contribution in [-0.4, -0.2) is 40.2 Å². The summed E-state index contributed by atoms with van der Waals surface area (Å²) in [4.78, 5) is 38.3. The fourth-order valence-corrected chi connectivity index (χ4v) is 2.94. The van der Waals surface area contributed by atoms with Gasteiger partial charge in [0.25, 0.3) is 5.56 Å². The highest BCUT2D eigenvalue weighted by atomic mass is 79.9. The molecule has 0 bridgehead atoms. The lowest BCUT2D eigenvalue weighted by Crippen LogP contribution is -2.32. The fourth-order valence-electron chi connectivity index (χ4n) is 2.52. The topological polar surface area (TPSA) is 123 Å². The molecule has 0 saturated heterocycles. The third-order valence-electron chi connectivity index (χ3n) is 4.03. The third kappa shape index (κ3) is 4.21. The minimum atomic E-state index is -1.12. The molecule has 0 aliphatic rings. The van der Waals surface area contributed by atoms with E-state index in [9.17, 15) is 14.4 Å². The minimum Gasteiger partial charge on any atom is -0.493 e. The number of fused-ring (bicyclic) bond motifs is 1. The van der Waals surface area contributed by atoms with Crippen LogP contribution in [0.5, 0.6) is 11.5 Å². The number of aromatic nitrogens is 2. The van der Waals surface area contributed by atoms with Gasteiger partial charge in [-0.1, -0.05) is 12.1 Å². The van der Waals surface area contributed by atoms with Crippen molar-refractivity contribution >= 4 is 39.0 Å². The summed E-state index contributed by atoms with van der Waals surface area (Å²) in [7, 11) is 1.40. The zero-order valence-corrected chi connectivity index (χ0v) is 17.0. The van der Waals surface area contributed by atoms with E-state index in [0.717, 1.165) is 4.68 Å². The van der Waals surface area contributed by atoms with Crippen LogP contribution in [-0.2, 0) is 4.79 Å². The highest BCUT2D eigenvalue weighted by Crippen LogP contribution is 2.33. The summed E-state index contributed by atoms with van der Waals surface area (Å²) < 4.78 is 11.8. The minimum absolute atomic E-state index is 0.215. The molecule has 3 aromatic rings. The lowest BCUT2D eigenvalue weighted by molar-refractivity contribution is -0.144. The van der Waals surface area contributed by atoms with E-state index < -0.39 is 23.3 Å². The first kappa shape index (κ1) is 20.3. The zero-order valence-electron chi connectivity index (χ0n) is 15.4. The number of benzene rings is 2. The first-order chi connectivity index (χ1) is 13.8. The largest absolute Gasteiger partial charge is 0.493 e. The Balaban J connectivity index is 2.01. The normalized spacial score (nSPS) is 12.2. The molecule has 9 nitrogen and oxygen atoms in total. The van der Waals surface area contributed by atoms with E-state index in [0.29, 0.717) is 20.9 Å². The number of H-pyrrole nitrogens is 1. The zero-order chi connectivity index (χ0) is 21.1. The summed E-state index contributed by atoms with van der Waals surface area (Å²) in [6.45, 7) is 1.39. The number of ether oxygens (including phenoxy) is 2. The predicted molar refractivity (Wildman–Crippen MR) is 110 cm³/mol. The van der Waals surface area contributed by atoms with Gasteiger partial charge in [0.05, 0.1) is 24.2 Å². The molecule has 0 saturated carbocycles. The Morgan fingerprint density at radius 1 is 1.28 bits per heavy atom. The van der Waals surface area contributed by atoms with E-state index in [1.165, 1.54) is 32.4 Å². The van der Waals surface area contributed by atoms with Gasteiger partial charge in [-0.2, -0.15) is 5.10 Å². The Hall–Kier alpha value is -3.40. The summed E-state index contributed by atoms with van der Waals surface area (Å²) in [5, 5.41) is 13.3. The van der Waals surface area contributed by atoms with Crippen molar-refractivity contribution in [2.24, 2.45) is 5.10 Å². The van der Waals surface area contributed by atoms with E-state index in [1.807, 2.05) is 0 Å². The number of hydrogen-bond donors (Lipinski definition) is 2. The second kappa shape index (κ2) is 8.31. The van der Waals surface area contributed by atoms with Crippen molar-refractivity contribution in [3.63, 3.8) is 0 Å². The summed E-state index contributed by atoms with van der Waals surface area (Å²) >= 11 is 3.34. The second-order valence-corrected chi connectivity index (χ2v) is 6.81. The number of carboxylic acids is 1. The van der Waals surface area contributed by atoms with Crippen LogP contribution in [0.2, 0.25) is 0 Å². The van der Waals surface area contributed by atoms with Crippen molar-refractivity contribution in [2.45, 2.75) is 13.0 Å². The predicted octanol–water partition coefficient (Wildman–Crippen LogP) is 2.19. The van der Waals surface area contributed by atoms with E-state index in [4.69, 9.17) is 14.6 Å². The van der Waals surface area contributed by atoms with E-state index in [1.54, 1.807) is 24.3 Å². The Labute approximate surface area is 172 Å². The fraction of sp³-hybridized carbons (Fsp3) is 0.158. The second-order valence-electron chi connectivity index (χ2n) is 5.96. The number of carboxylic acid groups (broad SMARTS) is 1. The van der Waals surface area contributed by atoms with Gasteiger partial charge in [0.2, 0.25) is 0 Å². The van der Waals surface area contributed by atoms with Crippen molar-refractivity contribution in [3.8, 4) is 11.5 Å². The van der Waals surface area contributed by atoms with Gasteiger partial charge >= 0.3 is 11.7 Å². The van der Waals surface area contributed by atoms with Crippen LogP contribution in [0, 0.1) is 0 Å². The SMILES string of the molecule is COc1cc(C=Nn2c(=O)[nH]c3ccccc3c2=O)c(Br)cc1O[C@@H](C)C(=O)O. The standard InChI is InChI=1S/C19H16BrN3O6/c1-10(18(25)26)29-16-8-13(20)11(7-15(16)28-2)9-21-23-17(24)12-5-3-4-6-14(12)22-19(23)27/h3-10H,1-2H3,(H,22,27)(H,25,26)/t10-/m0/s1. The molecule has 0 amide bonds. The molecule has 10 heteroatoms. The molecule has 0 unspecified atom stereocenters. The number of methoxy groups -OCH3 is 1. The van der Waals surface area contributed by atoms with E-state index >= 15 is 0 Å². The quantitative estimate of drug-likeness (QED) is 0.542. The monoisotopic (exact) mass is 461 g/mol. The molecular formula is C19H16BrN3O6. The number of nitrogens with zero attached hydrogens (tertiary/aromatic N) is 2. The van der Waals surface area contributed by atoms with Crippen molar-refractivity contribution in [1.29, 1.82) is 0 Å². The van der Waals surface area contributed by atoms with Crippen LogP contribution in [0.3, 0.4) is 0 Å². The maximum atomic E-state index is 12.5. The molecule has 2 aromatic carbocycles. The van der Waals surface area contributed by atoms with Gasteiger partial charge in [-0.25, -0.2) is 9.59 Å². The van der Waals surface area contributed by atoms with Crippen molar-refractivity contribution < 1.29 is 19.4 Å². The van der Waals surface area contributed by atoms with Crippen LogP contribution in [0.1, 0.15) is 12.5 Å². The molecule has 3 rings (SSSR count). The molecule has 29 heavy (non-hydrogen) atoms. The van der Waals surface area contributed by atoms with Gasteiger partial charge in [-0.15, -0.1) is 4.68 Å². The lowest BCUT2D eigenvalue weighted by atomic mass is 10.2. The van der Waals surface area contributed by atoms with Gasteiger partial charge in [0.1, 0.15) is 0 Å². The maximum Gasteiger partial charge on any atom is 0.349 e. The number of nitrogens with one attached hydrogen (secondary N) is 1. The average molecular weight is 462 g/mol. The van der Waals surface area contributed by atoms with Gasteiger partial charge in [0, 0.05) is 10.0 Å². The Kier molecular flexibility index (Phi) is 5.83. The van der Waals surface area contributed by atoms with Crippen molar-refractivity contribution in [3.05, 3.63) is 67.3 Å². The van der Waals surface area contributed by atoms with E-state index in [-0.39, 0.29) is 11.5 Å². The van der Waals surface area contributed by atoms with Crippen LogP contribution in [0.4, 0.5) is 0 Å². The lowest BCUT2D eigenvalue weighted by Gasteiger charge is -2.15. The van der Waals surface area contributed by atoms with Gasteiger partial charge < -0.3 is 19.6 Å². The molecule has 0 spiro atoms. The molecule has 0 aliphatic carbocycles.